The number of carbonyl (C=O) groups is 1. The van der Waals surface area contributed by atoms with Crippen LogP contribution in [0.4, 0.5) is 11.4 Å². The van der Waals surface area contributed by atoms with Crippen LogP contribution in [0.5, 0.6) is 0 Å². The summed E-state index contributed by atoms with van der Waals surface area (Å²) in [5, 5.41) is 0. The molecule has 2 aromatic rings. The molecule has 0 saturated heterocycles. The second kappa shape index (κ2) is 12.4. The molecule has 8 heteroatoms. The van der Waals surface area contributed by atoms with Crippen LogP contribution < -0.4 is 4.90 Å². The summed E-state index contributed by atoms with van der Waals surface area (Å²) < 4.78 is 33.2. The lowest BCUT2D eigenvalue weighted by molar-refractivity contribution is -0.401. The summed E-state index contributed by atoms with van der Waals surface area (Å²) in [6.07, 6.45) is 9.98. The number of unbranched alkanes of at least 4 members (excludes halogenated alkanes) is 2. The molecular weight excluding hydrogens is 553 g/mol. The van der Waals surface area contributed by atoms with Gasteiger partial charge in [-0.2, -0.15) is 4.58 Å². The fourth-order valence-corrected chi connectivity index (χ4v) is 6.84. The highest BCUT2D eigenvalue weighted by Gasteiger charge is 2.43. The fraction of sp³-hybridized carbons (Fsp3) is 0.455. The molecule has 2 aliphatic heterocycles. The second-order valence-corrected chi connectivity index (χ2v) is 14.0. The summed E-state index contributed by atoms with van der Waals surface area (Å²) in [4.78, 5) is 15.7. The van der Waals surface area contributed by atoms with Gasteiger partial charge >= 0.3 is 0 Å². The summed E-state index contributed by atoms with van der Waals surface area (Å²) in [6.45, 7) is 13.5. The Balaban J connectivity index is 1.62. The summed E-state index contributed by atoms with van der Waals surface area (Å²) in [5.74, 6) is 0.425. The van der Waals surface area contributed by atoms with Gasteiger partial charge in [0.15, 0.2) is 16.8 Å². The predicted octanol–water partition coefficient (Wildman–Crippen LogP) is 7.86. The van der Waals surface area contributed by atoms with Crippen molar-refractivity contribution in [1.82, 2.24) is 0 Å². The van der Waals surface area contributed by atoms with Gasteiger partial charge in [-0.1, -0.05) is 40.2 Å². The molecule has 2 heterocycles. The van der Waals surface area contributed by atoms with E-state index in [4.69, 9.17) is 0 Å². The van der Waals surface area contributed by atoms with E-state index in [2.05, 4.69) is 67.5 Å². The highest BCUT2D eigenvalue weighted by atomic mass is 32.2. The molecule has 4 rings (SSSR count). The Kier molecular flexibility index (Phi) is 9.48. The minimum Gasteiger partial charge on any atom is -0.344 e. The smallest absolute Gasteiger partial charge is 0.209 e. The standard InChI is InChI=1S/C33H42N2O4S2/c1-22(2)29(36)12-9-8-10-19-35-28-17-15-23(40-37)20-25(28)33(5,6)31(35)14-11-13-30-32(3,4)26-21-24(41(38)39)16-18-27(26)34(30)7/h11,13-18,20-22H,8-10,12,19H2,1-7H3,(H-,37,38,39)/p+1. The Labute approximate surface area is 251 Å². The number of anilines is 1. The number of Topliss-reactive ketones (excluding diaryl/α,β-unsaturated/α-hetero) is 1. The molecule has 41 heavy (non-hydrogen) atoms. The highest BCUT2D eigenvalue weighted by molar-refractivity contribution is 7.93. The lowest BCUT2D eigenvalue weighted by Gasteiger charge is -2.27. The minimum atomic E-state index is -2.02. The molecule has 2 aromatic carbocycles. The van der Waals surface area contributed by atoms with Gasteiger partial charge in [-0.05, 0) is 68.7 Å². The molecule has 0 saturated carbocycles. The number of hydrogen-bond acceptors (Lipinski definition) is 5. The van der Waals surface area contributed by atoms with Crippen LogP contribution in [0.15, 0.2) is 70.1 Å². The highest BCUT2D eigenvalue weighted by Crippen LogP contribution is 2.49. The number of ketones is 1. The van der Waals surface area contributed by atoms with Crippen LogP contribution in [0.25, 0.3) is 0 Å². The molecule has 0 bridgehead atoms. The van der Waals surface area contributed by atoms with Crippen molar-refractivity contribution in [1.29, 1.82) is 0 Å². The van der Waals surface area contributed by atoms with Crippen molar-refractivity contribution in [3.63, 3.8) is 0 Å². The number of fused-ring (bicyclic) bond motifs is 2. The summed E-state index contributed by atoms with van der Waals surface area (Å²) in [6, 6.07) is 11.6. The van der Waals surface area contributed by atoms with E-state index in [1.807, 2.05) is 39.1 Å². The molecule has 0 radical (unpaired) electrons. The zero-order chi connectivity index (χ0) is 30.1. The third-order valence-electron chi connectivity index (χ3n) is 8.63. The Hall–Kier alpha value is -2.52. The largest absolute Gasteiger partial charge is 0.344 e. The molecule has 0 aliphatic carbocycles. The number of benzene rings is 2. The Bertz CT molecular complexity index is 1450. The van der Waals surface area contributed by atoms with E-state index in [0.29, 0.717) is 17.1 Å². The maximum atomic E-state index is 12.1. The molecule has 1 unspecified atom stereocenters. The Morgan fingerprint density at radius 1 is 1.05 bits per heavy atom. The minimum absolute atomic E-state index is 0.0939. The Morgan fingerprint density at radius 2 is 1.78 bits per heavy atom. The first-order valence-electron chi connectivity index (χ1n) is 14.3. The maximum Gasteiger partial charge on any atom is 0.209 e. The van der Waals surface area contributed by atoms with Gasteiger partial charge in [0.05, 0.1) is 10.3 Å². The first-order valence-corrected chi connectivity index (χ1v) is 16.2. The molecule has 2 aliphatic rings. The lowest BCUT2D eigenvalue weighted by Crippen LogP contribution is -2.27. The van der Waals surface area contributed by atoms with Crippen LogP contribution in [-0.2, 0) is 26.7 Å². The third kappa shape index (κ3) is 6.17. The predicted molar refractivity (Wildman–Crippen MR) is 170 cm³/mol. The average molecular weight is 596 g/mol. The van der Waals surface area contributed by atoms with E-state index in [9.17, 15) is 18.1 Å². The number of nitrogens with zero attached hydrogens (tertiary/aromatic N) is 2. The number of carbonyl (C=O) groups excluding carboxylic acids is 1. The van der Waals surface area contributed by atoms with Crippen molar-refractivity contribution < 1.29 is 22.7 Å². The van der Waals surface area contributed by atoms with Gasteiger partial charge in [0.25, 0.3) is 0 Å². The van der Waals surface area contributed by atoms with Gasteiger partial charge in [0, 0.05) is 70.3 Å². The summed E-state index contributed by atoms with van der Waals surface area (Å²) in [7, 11) is 2.04. The van der Waals surface area contributed by atoms with Crippen LogP contribution in [0.2, 0.25) is 0 Å². The van der Waals surface area contributed by atoms with Crippen LogP contribution in [0.1, 0.15) is 78.4 Å². The van der Waals surface area contributed by atoms with E-state index >= 15 is 0 Å². The van der Waals surface area contributed by atoms with Gasteiger partial charge in [0.1, 0.15) is 12.8 Å². The molecule has 0 fully saturated rings. The van der Waals surface area contributed by atoms with Crippen molar-refractivity contribution in [2.24, 2.45) is 5.92 Å². The SMILES string of the molecule is CC(C)C(=O)CCCCCN1/C(=C/C=C/C2=[N+](C)c3ccc(S(=O)O)cc3C2(C)C)C(C)(C)c2cc(SO)ccc21. The molecular formula is C33H43N2O4S2+. The van der Waals surface area contributed by atoms with Gasteiger partial charge < -0.3 is 14.0 Å². The quantitative estimate of drug-likeness (QED) is 0.119. The Morgan fingerprint density at radius 3 is 2.44 bits per heavy atom. The third-order valence-corrected chi connectivity index (χ3v) is 9.75. The zero-order valence-corrected chi connectivity index (χ0v) is 26.9. The van der Waals surface area contributed by atoms with Crippen LogP contribution >= 0.6 is 12.0 Å². The topological polar surface area (TPSA) is 80.9 Å². The molecule has 0 spiro atoms. The van der Waals surface area contributed by atoms with Crippen LogP contribution in [0.3, 0.4) is 0 Å². The van der Waals surface area contributed by atoms with Gasteiger partial charge in [0.2, 0.25) is 5.69 Å². The lowest BCUT2D eigenvalue weighted by atomic mass is 9.81. The molecule has 1 atom stereocenters. The van der Waals surface area contributed by atoms with Crippen LogP contribution in [-0.4, -0.2) is 43.0 Å². The number of rotatable bonds is 11. The van der Waals surface area contributed by atoms with E-state index < -0.39 is 11.1 Å². The normalized spacial score (nSPS) is 19.0. The van der Waals surface area contributed by atoms with Crippen molar-refractivity contribution in [2.75, 3.05) is 18.5 Å². The van der Waals surface area contributed by atoms with E-state index in [0.717, 1.165) is 65.4 Å². The average Bonchev–Trinajstić information content (AvgIpc) is 3.25. The molecule has 220 valence electrons. The van der Waals surface area contributed by atoms with Gasteiger partial charge in [-0.25, -0.2) is 4.21 Å². The first-order chi connectivity index (χ1) is 19.3. The number of hydrogen-bond donors (Lipinski definition) is 2. The molecule has 6 nitrogen and oxygen atoms in total. The molecule has 2 N–H and O–H groups in total. The molecule has 0 amide bonds. The number of allylic oxidation sites excluding steroid dienone is 4. The molecule has 0 aromatic heterocycles. The van der Waals surface area contributed by atoms with Crippen molar-refractivity contribution in [3.8, 4) is 0 Å². The fourth-order valence-electron chi connectivity index (χ4n) is 6.14. The van der Waals surface area contributed by atoms with Gasteiger partial charge in [-0.3, -0.25) is 4.79 Å². The first kappa shape index (κ1) is 31.4. The van der Waals surface area contributed by atoms with Crippen molar-refractivity contribution in [3.05, 3.63) is 71.5 Å². The second-order valence-electron chi connectivity index (χ2n) is 12.4. The summed E-state index contributed by atoms with van der Waals surface area (Å²) >= 11 is -1.25. The van der Waals surface area contributed by atoms with Crippen LogP contribution in [0, 0.1) is 5.92 Å². The monoisotopic (exact) mass is 595 g/mol. The van der Waals surface area contributed by atoms with E-state index in [1.165, 1.54) is 11.3 Å². The van der Waals surface area contributed by atoms with Crippen molar-refractivity contribution >= 4 is 46.0 Å². The zero-order valence-electron chi connectivity index (χ0n) is 25.2. The van der Waals surface area contributed by atoms with Crippen molar-refractivity contribution in [2.45, 2.75) is 87.8 Å². The van der Waals surface area contributed by atoms with E-state index in [-0.39, 0.29) is 16.7 Å². The summed E-state index contributed by atoms with van der Waals surface area (Å²) in [5.41, 5.74) is 6.13. The van der Waals surface area contributed by atoms with E-state index in [1.54, 1.807) is 6.07 Å². The maximum absolute atomic E-state index is 12.1. The van der Waals surface area contributed by atoms with Gasteiger partial charge in [-0.15, -0.1) is 0 Å².